The molecule has 1 aromatic carbocycles. The van der Waals surface area contributed by atoms with Crippen LogP contribution < -0.4 is 15.8 Å². The Morgan fingerprint density at radius 3 is 2.72 bits per heavy atom. The molecule has 0 aliphatic heterocycles. The fraction of sp³-hybridized carbons (Fsp3) is 0.227. The molecule has 4 rings (SSSR count). The van der Waals surface area contributed by atoms with Gasteiger partial charge in [-0.1, -0.05) is 6.92 Å². The second-order valence-corrected chi connectivity index (χ2v) is 7.05. The van der Waals surface area contributed by atoms with E-state index in [2.05, 4.69) is 15.1 Å². The summed E-state index contributed by atoms with van der Waals surface area (Å²) in [6.45, 7) is 4.28. The fourth-order valence-corrected chi connectivity index (χ4v) is 3.53. The maximum absolute atomic E-state index is 12.8. The van der Waals surface area contributed by atoms with Crippen LogP contribution in [0.2, 0.25) is 0 Å². The van der Waals surface area contributed by atoms with E-state index >= 15 is 0 Å². The maximum atomic E-state index is 12.8. The van der Waals surface area contributed by atoms with Crippen molar-refractivity contribution in [3.63, 3.8) is 0 Å². The van der Waals surface area contributed by atoms with Gasteiger partial charge in [-0.2, -0.15) is 5.10 Å². The number of nitrogens with one attached hydrogen (secondary N) is 2. The maximum Gasteiger partial charge on any atom is 0.277 e. The Morgan fingerprint density at radius 1 is 1.25 bits per heavy atom. The van der Waals surface area contributed by atoms with Crippen LogP contribution >= 0.6 is 0 Å². The van der Waals surface area contributed by atoms with Crippen molar-refractivity contribution in [2.24, 2.45) is 7.05 Å². The van der Waals surface area contributed by atoms with Crippen LogP contribution in [-0.2, 0) is 13.5 Å². The molecule has 10 heteroatoms. The number of aromatic nitrogens is 5. The van der Waals surface area contributed by atoms with E-state index in [4.69, 9.17) is 14.9 Å². The summed E-state index contributed by atoms with van der Waals surface area (Å²) in [6.07, 6.45) is 2.01. The van der Waals surface area contributed by atoms with Gasteiger partial charge in [0, 0.05) is 18.8 Å². The third-order valence-electron chi connectivity index (χ3n) is 5.05. The van der Waals surface area contributed by atoms with E-state index in [1.165, 1.54) is 10.9 Å². The molecule has 10 nitrogen and oxygen atoms in total. The van der Waals surface area contributed by atoms with Gasteiger partial charge in [0.1, 0.15) is 17.1 Å². The minimum Gasteiger partial charge on any atom is -0.493 e. The molecule has 32 heavy (non-hydrogen) atoms. The Morgan fingerprint density at radius 2 is 2.06 bits per heavy atom. The van der Waals surface area contributed by atoms with Crippen molar-refractivity contribution in [3.05, 3.63) is 58.1 Å². The molecule has 0 fully saturated rings. The van der Waals surface area contributed by atoms with Gasteiger partial charge in [-0.25, -0.2) is 10.5 Å². The predicted octanol–water partition coefficient (Wildman–Crippen LogP) is 2.47. The number of ether oxygens (including phenoxy) is 1. The number of carbonyl (C=O) groups is 1. The highest BCUT2D eigenvalue weighted by molar-refractivity contribution is 5.93. The first kappa shape index (κ1) is 21.2. The SMILES string of the molecule is CCOc1ccc(-c2ccc(C(=O)NO)cn2)cc1-c1nc2c(CC)nn(C)c2c(=O)[nH]1. The molecule has 3 heterocycles. The summed E-state index contributed by atoms with van der Waals surface area (Å²) in [6, 6.07) is 8.67. The van der Waals surface area contributed by atoms with Gasteiger partial charge in [-0.05, 0) is 43.7 Å². The number of benzene rings is 1. The third-order valence-corrected chi connectivity index (χ3v) is 5.05. The molecule has 0 aliphatic rings. The molecule has 3 N–H and O–H groups in total. The monoisotopic (exact) mass is 434 g/mol. The molecule has 3 aromatic heterocycles. The summed E-state index contributed by atoms with van der Waals surface area (Å²) < 4.78 is 7.32. The van der Waals surface area contributed by atoms with Crippen LogP contribution in [0.5, 0.6) is 5.75 Å². The molecular formula is C22H22N6O4. The Kier molecular flexibility index (Phi) is 5.69. The molecule has 1 amide bonds. The Labute approximate surface area is 182 Å². The molecule has 0 saturated carbocycles. The first-order valence-corrected chi connectivity index (χ1v) is 10.1. The second kappa shape index (κ2) is 8.60. The first-order chi connectivity index (χ1) is 15.5. The van der Waals surface area contributed by atoms with Crippen molar-refractivity contribution in [2.45, 2.75) is 20.3 Å². The number of amides is 1. The molecule has 0 unspecified atom stereocenters. The predicted molar refractivity (Wildman–Crippen MR) is 118 cm³/mol. The minimum atomic E-state index is -0.644. The van der Waals surface area contributed by atoms with Crippen LogP contribution in [-0.4, -0.2) is 42.5 Å². The molecule has 0 atom stereocenters. The number of hydroxylamine groups is 1. The van der Waals surface area contributed by atoms with Gasteiger partial charge < -0.3 is 9.72 Å². The van der Waals surface area contributed by atoms with Crippen molar-refractivity contribution in [1.82, 2.24) is 30.2 Å². The largest absolute Gasteiger partial charge is 0.493 e. The summed E-state index contributed by atoms with van der Waals surface area (Å²) in [5.74, 6) is 0.290. The average molecular weight is 434 g/mol. The smallest absolute Gasteiger partial charge is 0.277 e. The number of aryl methyl sites for hydroxylation is 2. The number of nitrogens with zero attached hydrogens (tertiary/aromatic N) is 4. The summed E-state index contributed by atoms with van der Waals surface area (Å²) in [4.78, 5) is 36.2. The lowest BCUT2D eigenvalue weighted by atomic mass is 10.0. The van der Waals surface area contributed by atoms with Crippen LogP contribution in [0, 0.1) is 0 Å². The first-order valence-electron chi connectivity index (χ1n) is 10.1. The van der Waals surface area contributed by atoms with Crippen molar-refractivity contribution in [1.29, 1.82) is 0 Å². The Hall–Kier alpha value is -4.05. The lowest BCUT2D eigenvalue weighted by molar-refractivity contribution is 0.0706. The molecule has 4 aromatic rings. The van der Waals surface area contributed by atoms with E-state index in [9.17, 15) is 9.59 Å². The molecule has 0 saturated heterocycles. The normalized spacial score (nSPS) is 11.0. The van der Waals surface area contributed by atoms with Crippen LogP contribution in [0.15, 0.2) is 41.3 Å². The molecule has 0 radical (unpaired) electrons. The molecule has 164 valence electrons. The number of hydrogen-bond acceptors (Lipinski definition) is 7. The van der Waals surface area contributed by atoms with Crippen molar-refractivity contribution >= 4 is 16.9 Å². The number of pyridine rings is 1. The second-order valence-electron chi connectivity index (χ2n) is 7.05. The van der Waals surface area contributed by atoms with Crippen LogP contribution in [0.4, 0.5) is 0 Å². The van der Waals surface area contributed by atoms with E-state index in [-0.39, 0.29) is 11.1 Å². The standard InChI is InChI=1S/C22H22N6O4/c1-4-15-18-19(28(3)26-15)22(30)25-20(24-18)14-10-12(7-9-17(14)32-5-2)16-8-6-13(11-23-16)21(29)27-31/h6-11,31H,4-5H2,1-3H3,(H,27,29)(H,24,25,30). The molecule has 0 bridgehead atoms. The number of hydrogen-bond donors (Lipinski definition) is 3. The van der Waals surface area contributed by atoms with Crippen molar-refractivity contribution in [2.75, 3.05) is 6.61 Å². The summed E-state index contributed by atoms with van der Waals surface area (Å²) in [5.41, 5.74) is 5.17. The number of H-pyrrole nitrogens is 1. The highest BCUT2D eigenvalue weighted by Gasteiger charge is 2.18. The van der Waals surface area contributed by atoms with E-state index in [0.717, 1.165) is 11.3 Å². The van der Waals surface area contributed by atoms with Gasteiger partial charge in [0.2, 0.25) is 0 Å². The Bertz CT molecular complexity index is 1360. The topological polar surface area (TPSA) is 135 Å². The lowest BCUT2D eigenvalue weighted by Crippen LogP contribution is -2.18. The van der Waals surface area contributed by atoms with Gasteiger partial charge in [-0.3, -0.25) is 24.5 Å². The van der Waals surface area contributed by atoms with Crippen molar-refractivity contribution in [3.8, 4) is 28.4 Å². The van der Waals surface area contributed by atoms with Crippen molar-refractivity contribution < 1.29 is 14.7 Å². The zero-order chi connectivity index (χ0) is 22.8. The van der Waals surface area contributed by atoms with E-state index < -0.39 is 5.91 Å². The molecular weight excluding hydrogens is 412 g/mol. The quantitative estimate of drug-likeness (QED) is 0.313. The van der Waals surface area contributed by atoms with Gasteiger partial charge in [0.25, 0.3) is 11.5 Å². The third kappa shape index (κ3) is 3.71. The number of rotatable bonds is 6. The molecule has 0 spiro atoms. The fourth-order valence-electron chi connectivity index (χ4n) is 3.53. The Balaban J connectivity index is 1.86. The molecule has 0 aliphatic carbocycles. The zero-order valence-corrected chi connectivity index (χ0v) is 17.8. The summed E-state index contributed by atoms with van der Waals surface area (Å²) in [7, 11) is 1.72. The van der Waals surface area contributed by atoms with E-state index in [0.29, 0.717) is 46.9 Å². The highest BCUT2D eigenvalue weighted by Crippen LogP contribution is 2.32. The van der Waals surface area contributed by atoms with Gasteiger partial charge in [0.15, 0.2) is 5.52 Å². The minimum absolute atomic E-state index is 0.225. The lowest BCUT2D eigenvalue weighted by Gasteiger charge is -2.12. The number of fused-ring (bicyclic) bond motifs is 1. The summed E-state index contributed by atoms with van der Waals surface area (Å²) >= 11 is 0. The highest BCUT2D eigenvalue weighted by atomic mass is 16.5. The van der Waals surface area contributed by atoms with Crippen LogP contribution in [0.25, 0.3) is 33.7 Å². The van der Waals surface area contributed by atoms with Crippen LogP contribution in [0.1, 0.15) is 29.9 Å². The van der Waals surface area contributed by atoms with Gasteiger partial charge in [0.05, 0.1) is 29.1 Å². The van der Waals surface area contributed by atoms with Gasteiger partial charge in [-0.15, -0.1) is 0 Å². The van der Waals surface area contributed by atoms with Gasteiger partial charge >= 0.3 is 0 Å². The number of aromatic amines is 1. The van der Waals surface area contributed by atoms with E-state index in [1.54, 1.807) is 30.7 Å². The zero-order valence-electron chi connectivity index (χ0n) is 17.8. The summed E-state index contributed by atoms with van der Waals surface area (Å²) in [5, 5.41) is 13.2. The average Bonchev–Trinajstić information content (AvgIpc) is 3.15. The van der Waals surface area contributed by atoms with E-state index in [1.807, 2.05) is 26.0 Å². The number of carbonyl (C=O) groups excluding carboxylic acids is 1. The van der Waals surface area contributed by atoms with Crippen LogP contribution in [0.3, 0.4) is 0 Å².